The van der Waals surface area contributed by atoms with Crippen molar-refractivity contribution in [3.05, 3.63) is 47.7 Å². The first-order valence-electron chi connectivity index (χ1n) is 10.7. The van der Waals surface area contributed by atoms with Crippen molar-refractivity contribution in [3.8, 4) is 16.2 Å². The van der Waals surface area contributed by atoms with E-state index in [1.165, 1.54) is 44.4 Å². The molecule has 1 atom stereocenters. The third-order valence-electron chi connectivity index (χ3n) is 5.64. The number of nitrogens with one attached hydrogen (secondary N) is 2. The third-order valence-corrected chi connectivity index (χ3v) is 7.90. The summed E-state index contributed by atoms with van der Waals surface area (Å²) in [6.07, 6.45) is 7.55. The first-order valence-corrected chi connectivity index (χ1v) is 12.6. The minimum Gasteiger partial charge on any atom is -0.495 e. The van der Waals surface area contributed by atoms with E-state index in [9.17, 15) is 8.60 Å². The monoisotopic (exact) mass is 474 g/mol. The van der Waals surface area contributed by atoms with Crippen LogP contribution in [0.2, 0.25) is 0 Å². The Labute approximate surface area is 194 Å². The standard InChI is InChI=1S/C23H27FN4O2S2/c1-14-11-21(24)25-13-18(14)28-32(29)20-12-16(9-10-19(20)30-3)22-15(2)26-23(31-22)27-17-7-5-4-6-8-17/h9-13,17,28H,4-8H2,1-3H3,(H,26,27). The van der Waals surface area contributed by atoms with Gasteiger partial charge in [0.05, 0.1) is 29.6 Å². The van der Waals surface area contributed by atoms with E-state index in [0.29, 0.717) is 27.9 Å². The number of pyridine rings is 1. The van der Waals surface area contributed by atoms with Crippen molar-refractivity contribution in [2.24, 2.45) is 0 Å². The number of halogens is 1. The molecule has 1 unspecified atom stereocenters. The molecule has 0 radical (unpaired) electrons. The summed E-state index contributed by atoms with van der Waals surface area (Å²) in [6.45, 7) is 3.73. The molecule has 0 saturated heterocycles. The van der Waals surface area contributed by atoms with Gasteiger partial charge in [-0.15, -0.1) is 0 Å². The number of thiazole rings is 1. The van der Waals surface area contributed by atoms with E-state index in [2.05, 4.69) is 15.0 Å². The molecule has 0 amide bonds. The van der Waals surface area contributed by atoms with E-state index in [-0.39, 0.29) is 0 Å². The molecular weight excluding hydrogens is 447 g/mol. The lowest BCUT2D eigenvalue weighted by atomic mass is 9.96. The minimum atomic E-state index is -1.62. The number of aromatic nitrogens is 2. The fourth-order valence-electron chi connectivity index (χ4n) is 3.89. The highest BCUT2D eigenvalue weighted by Crippen LogP contribution is 2.37. The Kier molecular flexibility index (Phi) is 7.05. The summed E-state index contributed by atoms with van der Waals surface area (Å²) in [5.74, 6) is -0.0632. The third kappa shape index (κ3) is 5.10. The first kappa shape index (κ1) is 22.7. The van der Waals surface area contributed by atoms with Gasteiger partial charge in [0.15, 0.2) is 16.1 Å². The molecule has 32 heavy (non-hydrogen) atoms. The first-order chi connectivity index (χ1) is 15.4. The van der Waals surface area contributed by atoms with E-state index in [0.717, 1.165) is 21.3 Å². The summed E-state index contributed by atoms with van der Waals surface area (Å²) in [6, 6.07) is 7.41. The molecule has 1 fully saturated rings. The van der Waals surface area contributed by atoms with Crippen molar-refractivity contribution in [3.63, 3.8) is 0 Å². The molecule has 2 heterocycles. The van der Waals surface area contributed by atoms with Crippen LogP contribution in [0.15, 0.2) is 35.4 Å². The highest BCUT2D eigenvalue weighted by molar-refractivity contribution is 7.86. The maximum atomic E-state index is 13.3. The largest absolute Gasteiger partial charge is 0.495 e. The van der Waals surface area contributed by atoms with E-state index >= 15 is 0 Å². The molecule has 3 aromatic rings. The van der Waals surface area contributed by atoms with Crippen LogP contribution in [0.4, 0.5) is 15.2 Å². The zero-order valence-corrected chi connectivity index (χ0v) is 20.0. The van der Waals surface area contributed by atoms with Gasteiger partial charge in [0.1, 0.15) is 10.6 Å². The van der Waals surface area contributed by atoms with Crippen molar-refractivity contribution in [2.75, 3.05) is 17.1 Å². The summed E-state index contributed by atoms with van der Waals surface area (Å²) < 4.78 is 34.8. The van der Waals surface area contributed by atoms with Crippen molar-refractivity contribution < 1.29 is 13.3 Å². The molecule has 1 aromatic carbocycles. The Morgan fingerprint density at radius 1 is 1.19 bits per heavy atom. The van der Waals surface area contributed by atoms with Gasteiger partial charge in [-0.1, -0.05) is 30.6 Å². The van der Waals surface area contributed by atoms with E-state index in [1.807, 2.05) is 25.1 Å². The molecule has 2 aromatic heterocycles. The molecular formula is C23H27FN4O2S2. The van der Waals surface area contributed by atoms with Crippen molar-refractivity contribution in [2.45, 2.75) is 56.9 Å². The Morgan fingerprint density at radius 2 is 1.97 bits per heavy atom. The van der Waals surface area contributed by atoms with Gasteiger partial charge < -0.3 is 10.1 Å². The second kappa shape index (κ2) is 9.95. The maximum Gasteiger partial charge on any atom is 0.213 e. The number of hydrogen-bond donors (Lipinski definition) is 2. The normalized spacial score (nSPS) is 15.4. The van der Waals surface area contributed by atoms with Crippen LogP contribution in [0, 0.1) is 19.8 Å². The highest BCUT2D eigenvalue weighted by Gasteiger charge is 2.19. The van der Waals surface area contributed by atoms with Gasteiger partial charge in [-0.2, -0.15) is 4.39 Å². The van der Waals surface area contributed by atoms with E-state index < -0.39 is 16.9 Å². The molecule has 0 spiro atoms. The molecule has 2 N–H and O–H groups in total. The molecule has 6 nitrogen and oxygen atoms in total. The molecule has 4 rings (SSSR count). The van der Waals surface area contributed by atoms with Crippen LogP contribution in [0.1, 0.15) is 43.4 Å². The van der Waals surface area contributed by atoms with E-state index in [4.69, 9.17) is 9.72 Å². The van der Waals surface area contributed by atoms with Gasteiger partial charge in [-0.3, -0.25) is 4.72 Å². The summed E-state index contributed by atoms with van der Waals surface area (Å²) in [7, 11) is -0.0749. The zero-order chi connectivity index (χ0) is 22.7. The predicted octanol–water partition coefficient (Wildman–Crippen LogP) is 5.85. The van der Waals surface area contributed by atoms with Crippen LogP contribution < -0.4 is 14.8 Å². The maximum absolute atomic E-state index is 13.3. The number of rotatable bonds is 7. The van der Waals surface area contributed by atoms with Crippen LogP contribution >= 0.6 is 11.3 Å². The topological polar surface area (TPSA) is 76.1 Å². The van der Waals surface area contributed by atoms with Gasteiger partial charge in [0, 0.05) is 6.04 Å². The van der Waals surface area contributed by atoms with Gasteiger partial charge in [-0.25, -0.2) is 14.2 Å². The zero-order valence-electron chi connectivity index (χ0n) is 18.4. The number of ether oxygens (including phenoxy) is 1. The molecule has 1 aliphatic rings. The SMILES string of the molecule is COc1ccc(-c2sc(NC3CCCCC3)nc2C)cc1S(=O)Nc1cnc(F)cc1C. The lowest BCUT2D eigenvalue weighted by Gasteiger charge is -2.22. The number of methoxy groups -OCH3 is 1. The number of aryl methyl sites for hydroxylation is 2. The lowest BCUT2D eigenvalue weighted by Crippen LogP contribution is -2.21. The minimum absolute atomic E-state index is 0.484. The summed E-state index contributed by atoms with van der Waals surface area (Å²) in [5, 5.41) is 4.51. The Hall–Kier alpha value is -2.52. The Balaban J connectivity index is 1.59. The van der Waals surface area contributed by atoms with Crippen LogP contribution in [-0.2, 0) is 11.0 Å². The average Bonchev–Trinajstić information content (AvgIpc) is 3.15. The molecule has 0 aliphatic heterocycles. The second-order valence-electron chi connectivity index (χ2n) is 7.97. The smallest absolute Gasteiger partial charge is 0.213 e. The van der Waals surface area contributed by atoms with Crippen LogP contribution in [-0.4, -0.2) is 27.3 Å². The van der Waals surface area contributed by atoms with Crippen molar-refractivity contribution in [1.82, 2.24) is 9.97 Å². The number of hydrogen-bond acceptors (Lipinski definition) is 6. The Bertz CT molecular complexity index is 1130. The Morgan fingerprint density at radius 3 is 2.69 bits per heavy atom. The fraction of sp³-hybridized carbons (Fsp3) is 0.391. The fourth-order valence-corrected chi connectivity index (χ4v) is 6.02. The summed E-state index contributed by atoms with van der Waals surface area (Å²) in [4.78, 5) is 9.91. The van der Waals surface area contributed by atoms with Crippen molar-refractivity contribution >= 4 is 33.1 Å². The quantitative estimate of drug-likeness (QED) is 0.420. The van der Waals surface area contributed by atoms with Gasteiger partial charge >= 0.3 is 0 Å². The molecule has 1 aliphatic carbocycles. The molecule has 0 bridgehead atoms. The van der Waals surface area contributed by atoms with Crippen LogP contribution in [0.5, 0.6) is 5.75 Å². The number of anilines is 2. The molecule has 170 valence electrons. The van der Waals surface area contributed by atoms with Crippen molar-refractivity contribution in [1.29, 1.82) is 0 Å². The second-order valence-corrected chi connectivity index (χ2v) is 10.2. The average molecular weight is 475 g/mol. The lowest BCUT2D eigenvalue weighted by molar-refractivity contribution is 0.404. The van der Waals surface area contributed by atoms with Gasteiger partial charge in [-0.05, 0) is 62.1 Å². The van der Waals surface area contributed by atoms with Gasteiger partial charge in [0.25, 0.3) is 0 Å². The van der Waals surface area contributed by atoms with Gasteiger partial charge in [0.2, 0.25) is 5.95 Å². The number of benzene rings is 1. The van der Waals surface area contributed by atoms with Crippen LogP contribution in [0.3, 0.4) is 0 Å². The summed E-state index contributed by atoms with van der Waals surface area (Å²) >= 11 is 1.61. The number of nitrogens with zero attached hydrogens (tertiary/aromatic N) is 2. The molecule has 1 saturated carbocycles. The van der Waals surface area contributed by atoms with E-state index in [1.54, 1.807) is 25.4 Å². The molecule has 9 heteroatoms. The highest BCUT2D eigenvalue weighted by atomic mass is 32.2. The predicted molar refractivity (Wildman–Crippen MR) is 128 cm³/mol. The van der Waals surface area contributed by atoms with Crippen LogP contribution in [0.25, 0.3) is 10.4 Å². The summed E-state index contributed by atoms with van der Waals surface area (Å²) in [5.41, 5.74) is 2.99.